The van der Waals surface area contributed by atoms with Gasteiger partial charge in [-0.25, -0.2) is 0 Å². The lowest BCUT2D eigenvalue weighted by atomic mass is 10.0. The fraction of sp³-hybridized carbons (Fsp3) is 0.500. The second-order valence-electron chi connectivity index (χ2n) is 4.89. The Morgan fingerprint density at radius 2 is 2.11 bits per heavy atom. The van der Waals surface area contributed by atoms with Crippen LogP contribution in [-0.2, 0) is 4.79 Å². The molecular weight excluding hydrogens is 228 g/mol. The summed E-state index contributed by atoms with van der Waals surface area (Å²) >= 11 is 0. The molecule has 0 radical (unpaired) electrons. The predicted octanol–water partition coefficient (Wildman–Crippen LogP) is 0.964. The molecule has 3 atom stereocenters. The van der Waals surface area contributed by atoms with E-state index in [1.165, 1.54) is 0 Å². The molecule has 4 N–H and O–H groups in total. The number of hydrogen-bond donors (Lipinski definition) is 3. The molecule has 1 amide bonds. The molecule has 1 aliphatic carbocycles. The maximum absolute atomic E-state index is 11.9. The van der Waals surface area contributed by atoms with Crippen molar-refractivity contribution in [3.63, 3.8) is 0 Å². The van der Waals surface area contributed by atoms with Crippen LogP contribution in [0.3, 0.4) is 0 Å². The van der Waals surface area contributed by atoms with E-state index in [2.05, 4.69) is 5.32 Å². The molecule has 0 bridgehead atoms. The topological polar surface area (TPSA) is 75.4 Å². The van der Waals surface area contributed by atoms with Gasteiger partial charge >= 0.3 is 0 Å². The van der Waals surface area contributed by atoms with Crippen molar-refractivity contribution in [2.45, 2.75) is 31.4 Å². The number of carbonyl (C=O) groups is 1. The van der Waals surface area contributed by atoms with Crippen LogP contribution in [0.4, 0.5) is 0 Å². The monoisotopic (exact) mass is 248 g/mol. The van der Waals surface area contributed by atoms with E-state index in [-0.39, 0.29) is 17.9 Å². The summed E-state index contributed by atoms with van der Waals surface area (Å²) < 4.78 is 0. The number of rotatable bonds is 4. The second kappa shape index (κ2) is 5.98. The Balaban J connectivity index is 1.84. The van der Waals surface area contributed by atoms with Crippen molar-refractivity contribution < 1.29 is 9.90 Å². The first-order chi connectivity index (χ1) is 8.68. The molecule has 0 heterocycles. The minimum Gasteiger partial charge on any atom is -0.393 e. The van der Waals surface area contributed by atoms with E-state index in [4.69, 9.17) is 5.73 Å². The molecule has 1 aromatic rings. The van der Waals surface area contributed by atoms with Gasteiger partial charge in [0.15, 0.2) is 0 Å². The highest BCUT2D eigenvalue weighted by Crippen LogP contribution is 2.24. The van der Waals surface area contributed by atoms with Gasteiger partial charge in [-0.2, -0.15) is 0 Å². The molecule has 1 aliphatic rings. The van der Waals surface area contributed by atoms with E-state index in [0.29, 0.717) is 6.54 Å². The minimum absolute atomic E-state index is 0.178. The van der Waals surface area contributed by atoms with Crippen LogP contribution in [0.2, 0.25) is 0 Å². The van der Waals surface area contributed by atoms with Gasteiger partial charge in [-0.3, -0.25) is 4.79 Å². The number of hydrogen-bond acceptors (Lipinski definition) is 3. The normalized spacial score (nSPS) is 24.8. The molecule has 0 spiro atoms. The lowest BCUT2D eigenvalue weighted by Crippen LogP contribution is -2.38. The number of aliphatic hydroxyl groups is 1. The molecule has 0 saturated heterocycles. The average Bonchev–Trinajstić information content (AvgIpc) is 2.81. The summed E-state index contributed by atoms with van der Waals surface area (Å²) in [5.74, 6) is -0.00257. The SMILES string of the molecule is N[C@@H](C(=O)NCC1CCCC1O)c1ccccc1. The zero-order chi connectivity index (χ0) is 13.0. The number of nitrogens with two attached hydrogens (primary N) is 1. The first-order valence-electron chi connectivity index (χ1n) is 6.45. The Labute approximate surface area is 107 Å². The van der Waals surface area contributed by atoms with Crippen molar-refractivity contribution >= 4 is 5.91 Å². The van der Waals surface area contributed by atoms with Crippen LogP contribution in [0.1, 0.15) is 30.9 Å². The van der Waals surface area contributed by atoms with Gasteiger partial charge in [0.2, 0.25) is 5.91 Å². The van der Waals surface area contributed by atoms with Crippen LogP contribution in [-0.4, -0.2) is 23.7 Å². The maximum atomic E-state index is 11.9. The summed E-state index contributed by atoms with van der Waals surface area (Å²) in [6.07, 6.45) is 2.57. The number of aliphatic hydroxyl groups excluding tert-OH is 1. The Bertz CT molecular complexity index is 394. The van der Waals surface area contributed by atoms with Crippen molar-refractivity contribution in [1.82, 2.24) is 5.32 Å². The van der Waals surface area contributed by atoms with Crippen molar-refractivity contribution in [2.24, 2.45) is 11.7 Å². The van der Waals surface area contributed by atoms with Crippen molar-refractivity contribution in [3.05, 3.63) is 35.9 Å². The number of benzene rings is 1. The summed E-state index contributed by atoms with van der Waals surface area (Å²) in [6, 6.07) is 8.67. The molecular formula is C14H20N2O2. The second-order valence-corrected chi connectivity index (χ2v) is 4.89. The van der Waals surface area contributed by atoms with Crippen LogP contribution >= 0.6 is 0 Å². The highest BCUT2D eigenvalue weighted by atomic mass is 16.3. The minimum atomic E-state index is -0.634. The van der Waals surface area contributed by atoms with Gasteiger partial charge in [-0.05, 0) is 18.4 Å². The van der Waals surface area contributed by atoms with Gasteiger partial charge in [0.05, 0.1) is 6.10 Å². The molecule has 0 aromatic heterocycles. The van der Waals surface area contributed by atoms with Gasteiger partial charge < -0.3 is 16.2 Å². The van der Waals surface area contributed by atoms with E-state index in [1.54, 1.807) is 0 Å². The van der Waals surface area contributed by atoms with Gasteiger partial charge in [0.1, 0.15) is 6.04 Å². The fourth-order valence-corrected chi connectivity index (χ4v) is 2.41. The van der Waals surface area contributed by atoms with E-state index >= 15 is 0 Å². The van der Waals surface area contributed by atoms with Crippen LogP contribution in [0.5, 0.6) is 0 Å². The molecule has 4 nitrogen and oxygen atoms in total. The third kappa shape index (κ3) is 3.09. The predicted molar refractivity (Wildman–Crippen MR) is 69.7 cm³/mol. The summed E-state index contributed by atoms with van der Waals surface area (Å²) in [4.78, 5) is 11.9. The van der Waals surface area contributed by atoms with Crippen molar-refractivity contribution in [2.75, 3.05) is 6.54 Å². The van der Waals surface area contributed by atoms with E-state index in [1.807, 2.05) is 30.3 Å². The van der Waals surface area contributed by atoms with Crippen molar-refractivity contribution in [1.29, 1.82) is 0 Å². The molecule has 4 heteroatoms. The first kappa shape index (κ1) is 13.1. The molecule has 1 fully saturated rings. The quantitative estimate of drug-likeness (QED) is 0.743. The summed E-state index contributed by atoms with van der Waals surface area (Å²) in [5, 5.41) is 12.5. The third-order valence-corrected chi connectivity index (χ3v) is 3.60. The first-order valence-corrected chi connectivity index (χ1v) is 6.45. The summed E-state index contributed by atoms with van der Waals surface area (Å²) in [5.41, 5.74) is 6.69. The zero-order valence-electron chi connectivity index (χ0n) is 10.4. The highest BCUT2D eigenvalue weighted by Gasteiger charge is 2.26. The summed E-state index contributed by atoms with van der Waals surface area (Å²) in [7, 11) is 0. The summed E-state index contributed by atoms with van der Waals surface area (Å²) in [6.45, 7) is 0.514. The number of carbonyl (C=O) groups excluding carboxylic acids is 1. The lowest BCUT2D eigenvalue weighted by Gasteiger charge is -2.17. The Morgan fingerprint density at radius 1 is 1.39 bits per heavy atom. The molecule has 18 heavy (non-hydrogen) atoms. The van der Waals surface area contributed by atoms with Gasteiger partial charge in [-0.1, -0.05) is 36.8 Å². The zero-order valence-corrected chi connectivity index (χ0v) is 10.4. The highest BCUT2D eigenvalue weighted by molar-refractivity contribution is 5.82. The number of amides is 1. The maximum Gasteiger partial charge on any atom is 0.241 e. The smallest absolute Gasteiger partial charge is 0.241 e. The Hall–Kier alpha value is -1.39. The van der Waals surface area contributed by atoms with Crippen LogP contribution in [0.25, 0.3) is 0 Å². The molecule has 1 aromatic carbocycles. The van der Waals surface area contributed by atoms with E-state index < -0.39 is 6.04 Å². The fourth-order valence-electron chi connectivity index (χ4n) is 2.41. The Morgan fingerprint density at radius 3 is 2.72 bits per heavy atom. The van der Waals surface area contributed by atoms with E-state index in [9.17, 15) is 9.90 Å². The molecule has 2 rings (SSSR count). The van der Waals surface area contributed by atoms with Crippen LogP contribution < -0.4 is 11.1 Å². The molecule has 1 saturated carbocycles. The largest absolute Gasteiger partial charge is 0.393 e. The third-order valence-electron chi connectivity index (χ3n) is 3.60. The van der Waals surface area contributed by atoms with Crippen LogP contribution in [0.15, 0.2) is 30.3 Å². The van der Waals surface area contributed by atoms with Gasteiger partial charge in [0, 0.05) is 12.5 Å². The molecule has 0 aliphatic heterocycles. The average molecular weight is 248 g/mol. The standard InChI is InChI=1S/C14H20N2O2/c15-13(10-5-2-1-3-6-10)14(18)16-9-11-7-4-8-12(11)17/h1-3,5-6,11-13,17H,4,7-9,15H2,(H,16,18)/t11?,12?,13-/m1/s1. The van der Waals surface area contributed by atoms with Crippen LogP contribution in [0, 0.1) is 5.92 Å². The molecule has 98 valence electrons. The Kier molecular flexibility index (Phi) is 4.33. The van der Waals surface area contributed by atoms with Gasteiger partial charge in [0.25, 0.3) is 0 Å². The molecule has 2 unspecified atom stereocenters. The van der Waals surface area contributed by atoms with E-state index in [0.717, 1.165) is 24.8 Å². The van der Waals surface area contributed by atoms with Gasteiger partial charge in [-0.15, -0.1) is 0 Å². The van der Waals surface area contributed by atoms with Crippen molar-refractivity contribution in [3.8, 4) is 0 Å². The lowest BCUT2D eigenvalue weighted by molar-refractivity contribution is -0.122. The number of nitrogens with one attached hydrogen (secondary N) is 1.